The first-order valence-electron chi connectivity index (χ1n) is 5.07. The van der Waals surface area contributed by atoms with Crippen molar-refractivity contribution >= 4 is 5.69 Å². The van der Waals surface area contributed by atoms with E-state index in [1.165, 1.54) is 30.8 Å². The van der Waals surface area contributed by atoms with Crippen molar-refractivity contribution in [2.45, 2.75) is 20.3 Å². The van der Waals surface area contributed by atoms with Gasteiger partial charge >= 0.3 is 0 Å². The Morgan fingerprint density at radius 1 is 1.23 bits per heavy atom. The second-order valence-electron chi connectivity index (χ2n) is 4.18. The van der Waals surface area contributed by atoms with Crippen LogP contribution < -0.4 is 4.90 Å². The van der Waals surface area contributed by atoms with E-state index in [1.807, 2.05) is 0 Å². The van der Waals surface area contributed by atoms with Gasteiger partial charge in [0.2, 0.25) is 0 Å². The molecule has 0 aliphatic carbocycles. The predicted molar refractivity (Wildman–Crippen MR) is 57.2 cm³/mol. The number of rotatable bonds is 1. The molecule has 0 unspecified atom stereocenters. The molecular weight excluding hydrogens is 158 g/mol. The first-order chi connectivity index (χ1) is 6.25. The Bertz CT molecular complexity index is 276. The lowest BCUT2D eigenvalue weighted by Crippen LogP contribution is -2.18. The van der Waals surface area contributed by atoms with Crippen LogP contribution in [0.4, 0.5) is 5.69 Å². The summed E-state index contributed by atoms with van der Waals surface area (Å²) < 4.78 is 0. The molecule has 1 aromatic carbocycles. The molecular formula is C12H17N. The molecule has 13 heavy (non-hydrogen) atoms. The predicted octanol–water partition coefficient (Wildman–Crippen LogP) is 2.84. The maximum atomic E-state index is 2.48. The van der Waals surface area contributed by atoms with Gasteiger partial charge in [0.25, 0.3) is 0 Å². The topological polar surface area (TPSA) is 3.24 Å². The van der Waals surface area contributed by atoms with Gasteiger partial charge in [-0.15, -0.1) is 0 Å². The first kappa shape index (κ1) is 8.61. The molecule has 1 nitrogen and oxygen atoms in total. The molecule has 1 fully saturated rings. The van der Waals surface area contributed by atoms with Crippen LogP contribution in [0.2, 0.25) is 0 Å². The third kappa shape index (κ3) is 1.85. The summed E-state index contributed by atoms with van der Waals surface area (Å²) in [4.78, 5) is 2.48. The van der Waals surface area contributed by atoms with Crippen molar-refractivity contribution in [3.05, 3.63) is 29.8 Å². The quantitative estimate of drug-likeness (QED) is 0.634. The van der Waals surface area contributed by atoms with E-state index in [0.29, 0.717) is 0 Å². The van der Waals surface area contributed by atoms with Gasteiger partial charge in [0.05, 0.1) is 0 Å². The van der Waals surface area contributed by atoms with Crippen LogP contribution in [0, 0.1) is 12.8 Å². The van der Waals surface area contributed by atoms with Gasteiger partial charge in [-0.1, -0.05) is 24.6 Å². The molecule has 1 heteroatoms. The van der Waals surface area contributed by atoms with Crippen LogP contribution in [0.1, 0.15) is 18.9 Å². The molecule has 0 spiro atoms. The van der Waals surface area contributed by atoms with Crippen molar-refractivity contribution in [3.8, 4) is 0 Å². The summed E-state index contributed by atoms with van der Waals surface area (Å²) in [6, 6.07) is 8.84. The van der Waals surface area contributed by atoms with Crippen molar-refractivity contribution in [3.63, 3.8) is 0 Å². The van der Waals surface area contributed by atoms with Crippen LogP contribution in [0.15, 0.2) is 24.3 Å². The largest absolute Gasteiger partial charge is 0.371 e. The zero-order chi connectivity index (χ0) is 9.26. The van der Waals surface area contributed by atoms with Gasteiger partial charge in [-0.2, -0.15) is 0 Å². The zero-order valence-electron chi connectivity index (χ0n) is 8.46. The minimum atomic E-state index is 0.862. The van der Waals surface area contributed by atoms with Crippen LogP contribution in [0.5, 0.6) is 0 Å². The van der Waals surface area contributed by atoms with Crippen molar-refractivity contribution in [2.75, 3.05) is 18.0 Å². The Hall–Kier alpha value is -0.980. The molecule has 0 amide bonds. The molecule has 0 N–H and O–H groups in total. The van der Waals surface area contributed by atoms with E-state index in [2.05, 4.69) is 43.0 Å². The van der Waals surface area contributed by atoms with E-state index in [-0.39, 0.29) is 0 Å². The minimum Gasteiger partial charge on any atom is -0.371 e. The molecule has 1 saturated heterocycles. The van der Waals surface area contributed by atoms with Gasteiger partial charge in [-0.3, -0.25) is 0 Å². The molecule has 2 rings (SSSR count). The molecule has 0 saturated carbocycles. The fourth-order valence-electron chi connectivity index (χ4n) is 1.93. The molecule has 0 radical (unpaired) electrons. The first-order valence-corrected chi connectivity index (χ1v) is 5.07. The second-order valence-corrected chi connectivity index (χ2v) is 4.18. The molecule has 70 valence electrons. The molecule has 0 bridgehead atoms. The van der Waals surface area contributed by atoms with E-state index in [1.54, 1.807) is 0 Å². The van der Waals surface area contributed by atoms with Gasteiger partial charge < -0.3 is 4.90 Å². The smallest absolute Gasteiger partial charge is 0.0366 e. The second kappa shape index (κ2) is 3.41. The maximum absolute atomic E-state index is 2.48. The third-order valence-corrected chi connectivity index (χ3v) is 2.82. The van der Waals surface area contributed by atoms with Crippen LogP contribution in [-0.2, 0) is 0 Å². The van der Waals surface area contributed by atoms with E-state index >= 15 is 0 Å². The molecule has 1 atom stereocenters. The van der Waals surface area contributed by atoms with Crippen LogP contribution >= 0.6 is 0 Å². The Labute approximate surface area is 80.4 Å². The average Bonchev–Trinajstić information content (AvgIpc) is 2.53. The Morgan fingerprint density at radius 2 is 1.92 bits per heavy atom. The van der Waals surface area contributed by atoms with Gasteiger partial charge in [0.1, 0.15) is 0 Å². The van der Waals surface area contributed by atoms with E-state index in [9.17, 15) is 0 Å². The Morgan fingerprint density at radius 3 is 2.46 bits per heavy atom. The highest BCUT2D eigenvalue weighted by molar-refractivity contribution is 5.48. The van der Waals surface area contributed by atoms with Gasteiger partial charge in [-0.25, -0.2) is 0 Å². The zero-order valence-corrected chi connectivity index (χ0v) is 8.46. The minimum absolute atomic E-state index is 0.862. The summed E-state index contributed by atoms with van der Waals surface area (Å²) in [6.45, 7) is 6.91. The van der Waals surface area contributed by atoms with Crippen molar-refractivity contribution in [1.29, 1.82) is 0 Å². The lowest BCUT2D eigenvalue weighted by molar-refractivity contribution is 0.659. The summed E-state index contributed by atoms with van der Waals surface area (Å²) in [6.07, 6.45) is 1.34. The number of hydrogen-bond acceptors (Lipinski definition) is 1. The van der Waals surface area contributed by atoms with Crippen molar-refractivity contribution < 1.29 is 0 Å². The summed E-state index contributed by atoms with van der Waals surface area (Å²) in [5, 5.41) is 0. The van der Waals surface area contributed by atoms with E-state index < -0.39 is 0 Å². The van der Waals surface area contributed by atoms with Crippen LogP contribution in [0.25, 0.3) is 0 Å². The number of hydrogen-bond donors (Lipinski definition) is 0. The summed E-state index contributed by atoms with van der Waals surface area (Å²) in [7, 11) is 0. The normalized spacial score (nSPS) is 22.3. The molecule has 1 heterocycles. The lowest BCUT2D eigenvalue weighted by Gasteiger charge is -2.18. The van der Waals surface area contributed by atoms with Gasteiger partial charge in [-0.05, 0) is 31.4 Å². The van der Waals surface area contributed by atoms with Gasteiger partial charge in [0.15, 0.2) is 0 Å². The van der Waals surface area contributed by atoms with Crippen molar-refractivity contribution in [2.24, 2.45) is 5.92 Å². The average molecular weight is 175 g/mol. The fourth-order valence-corrected chi connectivity index (χ4v) is 1.93. The van der Waals surface area contributed by atoms with Gasteiger partial charge in [0, 0.05) is 18.8 Å². The van der Waals surface area contributed by atoms with E-state index in [4.69, 9.17) is 0 Å². The Balaban J connectivity index is 2.13. The Kier molecular flexibility index (Phi) is 2.26. The number of anilines is 1. The van der Waals surface area contributed by atoms with Crippen molar-refractivity contribution in [1.82, 2.24) is 0 Å². The molecule has 1 aromatic rings. The summed E-state index contributed by atoms with van der Waals surface area (Å²) in [5.74, 6) is 0.862. The SMILES string of the molecule is Cc1ccc(N2CC[C@@H](C)C2)cc1. The number of nitrogens with zero attached hydrogens (tertiary/aromatic N) is 1. The van der Waals surface area contributed by atoms with Crippen LogP contribution in [-0.4, -0.2) is 13.1 Å². The molecule has 1 aliphatic heterocycles. The summed E-state index contributed by atoms with van der Waals surface area (Å²) >= 11 is 0. The highest BCUT2D eigenvalue weighted by Gasteiger charge is 2.18. The fraction of sp³-hybridized carbons (Fsp3) is 0.500. The van der Waals surface area contributed by atoms with Crippen LogP contribution in [0.3, 0.4) is 0 Å². The lowest BCUT2D eigenvalue weighted by atomic mass is 10.2. The summed E-state index contributed by atoms with van der Waals surface area (Å²) in [5.41, 5.74) is 2.73. The highest BCUT2D eigenvalue weighted by Crippen LogP contribution is 2.23. The monoisotopic (exact) mass is 175 g/mol. The number of aryl methyl sites for hydroxylation is 1. The third-order valence-electron chi connectivity index (χ3n) is 2.82. The molecule has 1 aliphatic rings. The molecule has 0 aromatic heterocycles. The maximum Gasteiger partial charge on any atom is 0.0366 e. The highest BCUT2D eigenvalue weighted by atomic mass is 15.1. The standard InChI is InChI=1S/C12H17N/c1-10-3-5-12(6-4-10)13-8-7-11(2)9-13/h3-6,11H,7-9H2,1-2H3/t11-/m1/s1. The van der Waals surface area contributed by atoms with E-state index in [0.717, 1.165) is 5.92 Å². The number of benzene rings is 1.